The molecule has 0 aromatic carbocycles. The van der Waals surface area contributed by atoms with Crippen LogP contribution in [0.5, 0.6) is 0 Å². The average Bonchev–Trinajstić information content (AvgIpc) is 2.28. The second-order valence-corrected chi connectivity index (χ2v) is 4.37. The minimum absolute atomic E-state index is 0.268. The molecule has 14 heavy (non-hydrogen) atoms. The summed E-state index contributed by atoms with van der Waals surface area (Å²) in [7, 11) is 0. The number of hydrogen-bond acceptors (Lipinski definition) is 2. The summed E-state index contributed by atoms with van der Waals surface area (Å²) in [5.74, 6) is 0.268. The van der Waals surface area contributed by atoms with Crippen LogP contribution in [0.2, 0.25) is 0 Å². The molecule has 1 N–H and O–H groups in total. The molecular formula is C12H19NO. The summed E-state index contributed by atoms with van der Waals surface area (Å²) in [5.41, 5.74) is -0.574. The summed E-state index contributed by atoms with van der Waals surface area (Å²) in [6.07, 6.45) is 7.46. The van der Waals surface area contributed by atoms with Crippen molar-refractivity contribution in [3.63, 3.8) is 0 Å². The first kappa shape index (κ1) is 11.3. The predicted octanol–water partition coefficient (Wildman–Crippen LogP) is 2.64. The summed E-state index contributed by atoms with van der Waals surface area (Å²) in [5, 5.41) is 19.2. The maximum atomic E-state index is 10.1. The molecule has 3 atom stereocenters. The van der Waals surface area contributed by atoms with Crippen LogP contribution in [-0.4, -0.2) is 11.2 Å². The van der Waals surface area contributed by atoms with Gasteiger partial charge >= 0.3 is 0 Å². The Hall–Kier alpha value is -0.810. The predicted molar refractivity (Wildman–Crippen MR) is 56.5 cm³/mol. The van der Waals surface area contributed by atoms with Gasteiger partial charge in [-0.1, -0.05) is 19.1 Å². The Morgan fingerprint density at radius 2 is 2.36 bits per heavy atom. The van der Waals surface area contributed by atoms with E-state index in [9.17, 15) is 5.11 Å². The van der Waals surface area contributed by atoms with E-state index in [2.05, 4.69) is 18.2 Å². The van der Waals surface area contributed by atoms with Crippen molar-refractivity contribution >= 4 is 0 Å². The zero-order chi connectivity index (χ0) is 10.6. The van der Waals surface area contributed by atoms with Gasteiger partial charge in [0.2, 0.25) is 0 Å². The molecule has 0 aliphatic heterocycles. The van der Waals surface area contributed by atoms with Gasteiger partial charge in [-0.15, -0.1) is 0 Å². The Labute approximate surface area is 86.2 Å². The Kier molecular flexibility index (Phi) is 3.71. The van der Waals surface area contributed by atoms with Crippen LogP contribution in [0.3, 0.4) is 0 Å². The highest BCUT2D eigenvalue weighted by Crippen LogP contribution is 2.34. The number of nitrogens with zero attached hydrogens (tertiary/aromatic N) is 1. The maximum absolute atomic E-state index is 10.1. The lowest BCUT2D eigenvalue weighted by molar-refractivity contribution is 0.0165. The number of aliphatic hydroxyl groups is 1. The van der Waals surface area contributed by atoms with Gasteiger partial charge in [-0.3, -0.25) is 0 Å². The standard InChI is InChI=1S/C12H19NO/c1-3-12(2,9-13)11(14)10-7-5-4-6-8-10/h4-5,10-11,14H,3,6-8H2,1-2H3. The zero-order valence-electron chi connectivity index (χ0n) is 9.03. The molecular weight excluding hydrogens is 174 g/mol. The lowest BCUT2D eigenvalue weighted by atomic mass is 9.73. The van der Waals surface area contributed by atoms with Gasteiger partial charge < -0.3 is 5.11 Å². The van der Waals surface area contributed by atoms with Crippen molar-refractivity contribution in [1.82, 2.24) is 0 Å². The fourth-order valence-electron chi connectivity index (χ4n) is 1.98. The van der Waals surface area contributed by atoms with Gasteiger partial charge in [-0.05, 0) is 38.5 Å². The van der Waals surface area contributed by atoms with E-state index in [-0.39, 0.29) is 5.92 Å². The van der Waals surface area contributed by atoms with Crippen LogP contribution in [0.25, 0.3) is 0 Å². The highest BCUT2D eigenvalue weighted by atomic mass is 16.3. The van der Waals surface area contributed by atoms with Crippen molar-refractivity contribution in [2.45, 2.75) is 45.6 Å². The van der Waals surface area contributed by atoms with Crippen molar-refractivity contribution in [2.75, 3.05) is 0 Å². The number of allylic oxidation sites excluding steroid dienone is 2. The van der Waals surface area contributed by atoms with Crippen LogP contribution >= 0.6 is 0 Å². The van der Waals surface area contributed by atoms with Crippen molar-refractivity contribution in [1.29, 1.82) is 5.26 Å². The van der Waals surface area contributed by atoms with Gasteiger partial charge in [0.25, 0.3) is 0 Å². The SMILES string of the molecule is CCC(C)(C#N)C(O)C1CC=CCC1. The van der Waals surface area contributed by atoms with Crippen molar-refractivity contribution in [2.24, 2.45) is 11.3 Å². The van der Waals surface area contributed by atoms with Gasteiger partial charge in [-0.25, -0.2) is 0 Å². The Bertz CT molecular complexity index is 254. The molecule has 0 saturated heterocycles. The van der Waals surface area contributed by atoms with Crippen LogP contribution in [0, 0.1) is 22.7 Å². The molecule has 0 aromatic heterocycles. The van der Waals surface area contributed by atoms with E-state index in [1.165, 1.54) is 0 Å². The molecule has 1 rings (SSSR count). The first-order chi connectivity index (χ1) is 6.64. The third kappa shape index (κ3) is 2.16. The molecule has 2 heteroatoms. The van der Waals surface area contributed by atoms with Gasteiger partial charge in [0.1, 0.15) is 0 Å². The summed E-state index contributed by atoms with van der Waals surface area (Å²) >= 11 is 0. The van der Waals surface area contributed by atoms with Crippen LogP contribution in [-0.2, 0) is 0 Å². The fourth-order valence-corrected chi connectivity index (χ4v) is 1.98. The fraction of sp³-hybridized carbons (Fsp3) is 0.750. The first-order valence-corrected chi connectivity index (χ1v) is 5.38. The summed E-state index contributed by atoms with van der Waals surface area (Å²) in [4.78, 5) is 0. The third-order valence-corrected chi connectivity index (χ3v) is 3.40. The molecule has 0 heterocycles. The van der Waals surface area contributed by atoms with Crippen LogP contribution in [0.1, 0.15) is 39.5 Å². The van der Waals surface area contributed by atoms with E-state index in [1.54, 1.807) is 0 Å². The van der Waals surface area contributed by atoms with Crippen molar-refractivity contribution in [3.8, 4) is 6.07 Å². The van der Waals surface area contributed by atoms with E-state index < -0.39 is 11.5 Å². The minimum atomic E-state index is -0.574. The molecule has 0 fully saturated rings. The third-order valence-electron chi connectivity index (χ3n) is 3.40. The molecule has 3 unspecified atom stereocenters. The highest BCUT2D eigenvalue weighted by molar-refractivity contribution is 5.04. The molecule has 0 radical (unpaired) electrons. The Morgan fingerprint density at radius 1 is 1.64 bits per heavy atom. The van der Waals surface area contributed by atoms with Crippen LogP contribution in [0.15, 0.2) is 12.2 Å². The maximum Gasteiger partial charge on any atom is 0.0804 e. The number of hydrogen-bond donors (Lipinski definition) is 1. The summed E-state index contributed by atoms with van der Waals surface area (Å²) < 4.78 is 0. The van der Waals surface area contributed by atoms with E-state index in [1.807, 2.05) is 13.8 Å². The van der Waals surface area contributed by atoms with Gasteiger partial charge in [0.15, 0.2) is 0 Å². The first-order valence-electron chi connectivity index (χ1n) is 5.38. The van der Waals surface area contributed by atoms with E-state index >= 15 is 0 Å². The molecule has 0 saturated carbocycles. The van der Waals surface area contributed by atoms with Gasteiger partial charge in [0.05, 0.1) is 17.6 Å². The minimum Gasteiger partial charge on any atom is -0.391 e. The second kappa shape index (κ2) is 4.61. The van der Waals surface area contributed by atoms with E-state index in [0.717, 1.165) is 19.3 Å². The smallest absolute Gasteiger partial charge is 0.0804 e. The summed E-state index contributed by atoms with van der Waals surface area (Å²) in [6, 6.07) is 2.25. The Balaban J connectivity index is 2.68. The molecule has 0 bridgehead atoms. The van der Waals surface area contributed by atoms with E-state index in [4.69, 9.17) is 5.26 Å². The number of rotatable bonds is 3. The Morgan fingerprint density at radius 3 is 2.79 bits per heavy atom. The molecule has 0 aromatic rings. The number of nitriles is 1. The monoisotopic (exact) mass is 193 g/mol. The zero-order valence-corrected chi connectivity index (χ0v) is 9.03. The molecule has 0 spiro atoms. The molecule has 1 aliphatic rings. The molecule has 2 nitrogen and oxygen atoms in total. The van der Waals surface area contributed by atoms with E-state index in [0.29, 0.717) is 6.42 Å². The summed E-state index contributed by atoms with van der Waals surface area (Å²) in [6.45, 7) is 3.82. The van der Waals surface area contributed by atoms with Gasteiger partial charge in [0, 0.05) is 0 Å². The highest BCUT2D eigenvalue weighted by Gasteiger charge is 2.36. The van der Waals surface area contributed by atoms with Crippen LogP contribution < -0.4 is 0 Å². The van der Waals surface area contributed by atoms with Crippen molar-refractivity contribution in [3.05, 3.63) is 12.2 Å². The number of aliphatic hydroxyl groups excluding tert-OH is 1. The second-order valence-electron chi connectivity index (χ2n) is 4.37. The molecule has 1 aliphatic carbocycles. The lowest BCUT2D eigenvalue weighted by Crippen LogP contribution is -2.37. The molecule has 78 valence electrons. The largest absolute Gasteiger partial charge is 0.391 e. The quantitative estimate of drug-likeness (QED) is 0.700. The van der Waals surface area contributed by atoms with Crippen molar-refractivity contribution < 1.29 is 5.11 Å². The van der Waals surface area contributed by atoms with Crippen LogP contribution in [0.4, 0.5) is 0 Å². The average molecular weight is 193 g/mol. The normalized spacial score (nSPS) is 27.7. The topological polar surface area (TPSA) is 44.0 Å². The van der Waals surface area contributed by atoms with Gasteiger partial charge in [-0.2, -0.15) is 5.26 Å². The molecule has 0 amide bonds. The lowest BCUT2D eigenvalue weighted by Gasteiger charge is -2.33.